The molecule has 1 N–H and O–H groups in total. The lowest BCUT2D eigenvalue weighted by atomic mass is 10.0. The molecule has 2 heterocycles. The van der Waals surface area contributed by atoms with Crippen molar-refractivity contribution in [3.63, 3.8) is 0 Å². The Balaban J connectivity index is 1.71. The fourth-order valence-electron chi connectivity index (χ4n) is 3.03. The van der Waals surface area contributed by atoms with Gasteiger partial charge in [0.15, 0.2) is 0 Å². The fourth-order valence-corrected chi connectivity index (χ4v) is 3.03. The molecule has 4 rings (SSSR count). The SMILES string of the molecule is O=c1cc(-c2ccccc2)nc(N2CCc3ccccc3C2)[nH]1. The van der Waals surface area contributed by atoms with Gasteiger partial charge < -0.3 is 4.90 Å². The average Bonchev–Trinajstić information content (AvgIpc) is 2.61. The van der Waals surface area contributed by atoms with Crippen LogP contribution in [0.1, 0.15) is 11.1 Å². The van der Waals surface area contributed by atoms with Crippen molar-refractivity contribution in [3.8, 4) is 11.3 Å². The summed E-state index contributed by atoms with van der Waals surface area (Å²) in [4.78, 5) is 21.7. The van der Waals surface area contributed by atoms with Crippen molar-refractivity contribution in [2.24, 2.45) is 0 Å². The Hall–Kier alpha value is -2.88. The predicted octanol–water partition coefficient (Wildman–Crippen LogP) is 3.00. The van der Waals surface area contributed by atoms with Crippen LogP contribution in [0.2, 0.25) is 0 Å². The summed E-state index contributed by atoms with van der Waals surface area (Å²) in [6.45, 7) is 1.63. The Kier molecular flexibility index (Phi) is 3.42. The largest absolute Gasteiger partial charge is 0.338 e. The zero-order valence-electron chi connectivity index (χ0n) is 12.7. The first-order valence-corrected chi connectivity index (χ1v) is 7.78. The van der Waals surface area contributed by atoms with Gasteiger partial charge in [0.05, 0.1) is 5.69 Å². The fraction of sp³-hybridized carbons (Fsp3) is 0.158. The Bertz CT molecular complexity index is 886. The van der Waals surface area contributed by atoms with Gasteiger partial charge in [-0.15, -0.1) is 0 Å². The standard InChI is InChI=1S/C19H17N3O/c23-18-12-17(15-7-2-1-3-8-15)20-19(21-18)22-11-10-14-6-4-5-9-16(14)13-22/h1-9,12H,10-11,13H2,(H,20,21,23). The van der Waals surface area contributed by atoms with Crippen LogP contribution in [0.25, 0.3) is 11.3 Å². The minimum atomic E-state index is -0.118. The molecule has 3 aromatic rings. The van der Waals surface area contributed by atoms with Crippen LogP contribution in [-0.2, 0) is 13.0 Å². The van der Waals surface area contributed by atoms with Crippen LogP contribution in [0, 0.1) is 0 Å². The van der Waals surface area contributed by atoms with E-state index in [0.29, 0.717) is 11.6 Å². The molecule has 2 aromatic carbocycles. The molecule has 4 nitrogen and oxygen atoms in total. The molecule has 0 aliphatic carbocycles. The van der Waals surface area contributed by atoms with E-state index in [1.165, 1.54) is 11.1 Å². The molecule has 0 spiro atoms. The number of benzene rings is 2. The summed E-state index contributed by atoms with van der Waals surface area (Å²) in [5.74, 6) is 0.644. The molecule has 0 unspecified atom stereocenters. The van der Waals surface area contributed by atoms with Crippen molar-refractivity contribution >= 4 is 5.95 Å². The molecule has 114 valence electrons. The molecule has 1 aliphatic rings. The van der Waals surface area contributed by atoms with E-state index in [1.807, 2.05) is 30.3 Å². The van der Waals surface area contributed by atoms with Gasteiger partial charge in [0.25, 0.3) is 5.56 Å². The van der Waals surface area contributed by atoms with Gasteiger partial charge in [-0.2, -0.15) is 0 Å². The van der Waals surface area contributed by atoms with E-state index < -0.39 is 0 Å². The second-order valence-corrected chi connectivity index (χ2v) is 5.76. The highest BCUT2D eigenvalue weighted by Crippen LogP contribution is 2.23. The number of hydrogen-bond donors (Lipinski definition) is 1. The van der Waals surface area contributed by atoms with Gasteiger partial charge in [-0.25, -0.2) is 4.98 Å². The smallest absolute Gasteiger partial charge is 0.252 e. The summed E-state index contributed by atoms with van der Waals surface area (Å²) in [5.41, 5.74) is 4.23. The van der Waals surface area contributed by atoms with Crippen molar-refractivity contribution < 1.29 is 0 Å². The van der Waals surface area contributed by atoms with E-state index in [-0.39, 0.29) is 5.56 Å². The summed E-state index contributed by atoms with van der Waals surface area (Å²) in [5, 5.41) is 0. The summed E-state index contributed by atoms with van der Waals surface area (Å²) in [6, 6.07) is 19.8. The van der Waals surface area contributed by atoms with Gasteiger partial charge in [-0.1, -0.05) is 54.6 Å². The van der Waals surface area contributed by atoms with Crippen LogP contribution in [0.3, 0.4) is 0 Å². The first-order valence-electron chi connectivity index (χ1n) is 7.78. The monoisotopic (exact) mass is 303 g/mol. The third-order valence-corrected chi connectivity index (χ3v) is 4.23. The number of fused-ring (bicyclic) bond motifs is 1. The number of nitrogens with one attached hydrogen (secondary N) is 1. The van der Waals surface area contributed by atoms with E-state index >= 15 is 0 Å². The number of H-pyrrole nitrogens is 1. The Labute approximate surface area is 134 Å². The predicted molar refractivity (Wildman–Crippen MR) is 91.5 cm³/mol. The van der Waals surface area contributed by atoms with Gasteiger partial charge in [0.1, 0.15) is 0 Å². The lowest BCUT2D eigenvalue weighted by Crippen LogP contribution is -2.33. The molecule has 4 heteroatoms. The molecule has 0 atom stereocenters. The van der Waals surface area contributed by atoms with Gasteiger partial charge in [0.2, 0.25) is 5.95 Å². The topological polar surface area (TPSA) is 49.0 Å². The molecule has 0 radical (unpaired) electrons. The van der Waals surface area contributed by atoms with Crippen molar-refractivity contribution in [1.82, 2.24) is 9.97 Å². The number of hydrogen-bond acceptors (Lipinski definition) is 3. The summed E-state index contributed by atoms with van der Waals surface area (Å²) < 4.78 is 0. The third kappa shape index (κ3) is 2.75. The van der Waals surface area contributed by atoms with E-state index in [1.54, 1.807) is 6.07 Å². The number of aromatic amines is 1. The van der Waals surface area contributed by atoms with Gasteiger partial charge in [-0.3, -0.25) is 9.78 Å². The third-order valence-electron chi connectivity index (χ3n) is 4.23. The molecule has 0 fully saturated rings. The van der Waals surface area contributed by atoms with E-state index in [0.717, 1.165) is 25.1 Å². The highest BCUT2D eigenvalue weighted by molar-refractivity contribution is 5.60. The van der Waals surface area contributed by atoms with Gasteiger partial charge >= 0.3 is 0 Å². The highest BCUT2D eigenvalue weighted by atomic mass is 16.1. The van der Waals surface area contributed by atoms with Crippen molar-refractivity contribution in [3.05, 3.63) is 82.1 Å². The maximum absolute atomic E-state index is 12.1. The van der Waals surface area contributed by atoms with E-state index in [2.05, 4.69) is 39.1 Å². The normalized spacial score (nSPS) is 13.7. The van der Waals surface area contributed by atoms with Crippen LogP contribution in [-0.4, -0.2) is 16.5 Å². The average molecular weight is 303 g/mol. The zero-order chi connectivity index (χ0) is 15.6. The van der Waals surface area contributed by atoms with Crippen molar-refractivity contribution in [2.45, 2.75) is 13.0 Å². The zero-order valence-corrected chi connectivity index (χ0v) is 12.7. The van der Waals surface area contributed by atoms with E-state index in [9.17, 15) is 4.79 Å². The van der Waals surface area contributed by atoms with Crippen LogP contribution in [0.4, 0.5) is 5.95 Å². The molecule has 0 saturated carbocycles. The van der Waals surface area contributed by atoms with E-state index in [4.69, 9.17) is 0 Å². The Morgan fingerprint density at radius 2 is 1.70 bits per heavy atom. The molecular weight excluding hydrogens is 286 g/mol. The van der Waals surface area contributed by atoms with Crippen LogP contribution < -0.4 is 10.5 Å². The molecule has 1 aliphatic heterocycles. The second kappa shape index (κ2) is 5.72. The number of aromatic nitrogens is 2. The molecule has 0 saturated heterocycles. The highest BCUT2D eigenvalue weighted by Gasteiger charge is 2.18. The van der Waals surface area contributed by atoms with Gasteiger partial charge in [0, 0.05) is 24.7 Å². The number of anilines is 1. The molecule has 1 aromatic heterocycles. The molecule has 23 heavy (non-hydrogen) atoms. The maximum atomic E-state index is 12.1. The van der Waals surface area contributed by atoms with Crippen LogP contribution in [0.15, 0.2) is 65.5 Å². The Morgan fingerprint density at radius 3 is 2.52 bits per heavy atom. The first kappa shape index (κ1) is 13.8. The minimum absolute atomic E-state index is 0.118. The first-order chi connectivity index (χ1) is 11.3. The Morgan fingerprint density at radius 1 is 0.957 bits per heavy atom. The van der Waals surface area contributed by atoms with Crippen LogP contribution in [0.5, 0.6) is 0 Å². The minimum Gasteiger partial charge on any atom is -0.338 e. The lowest BCUT2D eigenvalue weighted by Gasteiger charge is -2.29. The quantitative estimate of drug-likeness (QED) is 0.792. The molecular formula is C19H17N3O. The summed E-state index contributed by atoms with van der Waals surface area (Å²) >= 11 is 0. The number of nitrogens with zero attached hydrogens (tertiary/aromatic N) is 2. The van der Waals surface area contributed by atoms with Crippen LogP contribution >= 0.6 is 0 Å². The lowest BCUT2D eigenvalue weighted by molar-refractivity contribution is 0.706. The number of rotatable bonds is 2. The maximum Gasteiger partial charge on any atom is 0.252 e. The second-order valence-electron chi connectivity index (χ2n) is 5.76. The van der Waals surface area contributed by atoms with Crippen molar-refractivity contribution in [2.75, 3.05) is 11.4 Å². The molecule has 0 bridgehead atoms. The summed E-state index contributed by atoms with van der Waals surface area (Å²) in [6.07, 6.45) is 0.968. The van der Waals surface area contributed by atoms with Gasteiger partial charge in [-0.05, 0) is 17.5 Å². The summed E-state index contributed by atoms with van der Waals surface area (Å²) in [7, 11) is 0. The molecule has 0 amide bonds. The van der Waals surface area contributed by atoms with Crippen molar-refractivity contribution in [1.29, 1.82) is 0 Å².